The number of aliphatic hydroxyl groups excluding tert-OH is 1. The first kappa shape index (κ1) is 23.1. The Hall–Kier alpha value is -3.53. The molecule has 32 heavy (non-hydrogen) atoms. The fourth-order valence-electron chi connectivity index (χ4n) is 3.12. The molecule has 1 amide bonds. The van der Waals surface area contributed by atoms with Crippen molar-refractivity contribution in [1.82, 2.24) is 15.1 Å². The smallest absolute Gasteiger partial charge is 0.416 e. The van der Waals surface area contributed by atoms with Gasteiger partial charge in [0.05, 0.1) is 31.6 Å². The maximum Gasteiger partial charge on any atom is 0.416 e. The van der Waals surface area contributed by atoms with Gasteiger partial charge in [0.2, 0.25) is 0 Å². The molecule has 1 aromatic heterocycles. The third kappa shape index (κ3) is 5.02. The van der Waals surface area contributed by atoms with Crippen LogP contribution in [0.5, 0.6) is 11.5 Å². The quantitative estimate of drug-likeness (QED) is 0.576. The summed E-state index contributed by atoms with van der Waals surface area (Å²) in [7, 11) is 4.65. The Balaban J connectivity index is 1.72. The van der Waals surface area contributed by atoms with Gasteiger partial charge in [0.1, 0.15) is 17.2 Å². The number of aliphatic hydroxyl groups is 1. The van der Waals surface area contributed by atoms with Crippen molar-refractivity contribution >= 4 is 5.91 Å². The molecule has 7 nitrogen and oxygen atoms in total. The lowest BCUT2D eigenvalue weighted by Crippen LogP contribution is -2.29. The van der Waals surface area contributed by atoms with Crippen molar-refractivity contribution in [3.63, 3.8) is 0 Å². The predicted octanol–water partition coefficient (Wildman–Crippen LogP) is 3.59. The maximum atomic E-state index is 12.7. The van der Waals surface area contributed by atoms with Crippen LogP contribution in [0, 0.1) is 0 Å². The molecule has 0 fully saturated rings. The first-order chi connectivity index (χ1) is 15.1. The summed E-state index contributed by atoms with van der Waals surface area (Å²) in [6, 6.07) is 10.9. The van der Waals surface area contributed by atoms with E-state index in [1.807, 2.05) is 0 Å². The summed E-state index contributed by atoms with van der Waals surface area (Å²) in [6.07, 6.45) is -5.63. The van der Waals surface area contributed by atoms with E-state index < -0.39 is 23.8 Å². The van der Waals surface area contributed by atoms with Crippen LogP contribution < -0.4 is 14.8 Å². The number of hydrogen-bond donors (Lipinski definition) is 2. The minimum atomic E-state index is -4.46. The third-order valence-corrected chi connectivity index (χ3v) is 4.87. The highest BCUT2D eigenvalue weighted by Gasteiger charge is 2.30. The number of rotatable bonds is 7. The number of carbonyl (C=O) groups is 1. The molecule has 0 unspecified atom stereocenters. The number of methoxy groups -OCH3 is 2. The second-order valence-electron chi connectivity index (χ2n) is 6.95. The summed E-state index contributed by atoms with van der Waals surface area (Å²) in [4.78, 5) is 12.6. The number of carbonyl (C=O) groups excluding carboxylic acids is 1. The highest BCUT2D eigenvalue weighted by Crippen LogP contribution is 2.33. The molecule has 3 aromatic rings. The van der Waals surface area contributed by atoms with E-state index in [0.717, 1.165) is 12.1 Å². The van der Waals surface area contributed by atoms with E-state index in [4.69, 9.17) is 9.47 Å². The van der Waals surface area contributed by atoms with Crippen molar-refractivity contribution in [2.24, 2.45) is 7.05 Å². The summed E-state index contributed by atoms with van der Waals surface area (Å²) in [5.74, 6) is 0.643. The molecule has 2 aromatic carbocycles. The van der Waals surface area contributed by atoms with Crippen molar-refractivity contribution in [1.29, 1.82) is 0 Å². The average molecular weight is 449 g/mol. The molecule has 10 heteroatoms. The second kappa shape index (κ2) is 9.31. The van der Waals surface area contributed by atoms with E-state index >= 15 is 0 Å². The number of aromatic nitrogens is 2. The summed E-state index contributed by atoms with van der Waals surface area (Å²) in [5.41, 5.74) is 0.783. The van der Waals surface area contributed by atoms with Crippen molar-refractivity contribution in [2.45, 2.75) is 12.3 Å². The van der Waals surface area contributed by atoms with E-state index in [-0.39, 0.29) is 17.8 Å². The Morgan fingerprint density at radius 1 is 1.12 bits per heavy atom. The fourth-order valence-corrected chi connectivity index (χ4v) is 3.12. The molecule has 3 rings (SSSR count). The summed E-state index contributed by atoms with van der Waals surface area (Å²) < 4.78 is 50.0. The number of aryl methyl sites for hydroxylation is 1. The van der Waals surface area contributed by atoms with Crippen molar-refractivity contribution in [3.8, 4) is 22.8 Å². The van der Waals surface area contributed by atoms with Gasteiger partial charge in [-0.25, -0.2) is 0 Å². The summed E-state index contributed by atoms with van der Waals surface area (Å²) in [5, 5.41) is 17.2. The van der Waals surface area contributed by atoms with Gasteiger partial charge >= 0.3 is 6.18 Å². The van der Waals surface area contributed by atoms with Gasteiger partial charge in [-0.3, -0.25) is 9.48 Å². The Kier molecular flexibility index (Phi) is 6.73. The minimum Gasteiger partial charge on any atom is -0.497 e. The lowest BCUT2D eigenvalue weighted by atomic mass is 10.1. The van der Waals surface area contributed by atoms with E-state index in [1.165, 1.54) is 31.0 Å². The second-order valence-corrected chi connectivity index (χ2v) is 6.95. The lowest BCUT2D eigenvalue weighted by molar-refractivity contribution is -0.137. The van der Waals surface area contributed by atoms with Gasteiger partial charge in [-0.05, 0) is 42.0 Å². The number of nitrogens with one attached hydrogen (secondary N) is 1. The number of ether oxygens (including phenoxy) is 2. The highest BCUT2D eigenvalue weighted by molar-refractivity contribution is 5.94. The van der Waals surface area contributed by atoms with Gasteiger partial charge in [-0.15, -0.1) is 0 Å². The number of nitrogens with zero attached hydrogens (tertiary/aromatic N) is 2. The van der Waals surface area contributed by atoms with Gasteiger partial charge in [-0.1, -0.05) is 12.1 Å². The van der Waals surface area contributed by atoms with Crippen molar-refractivity contribution in [3.05, 3.63) is 65.4 Å². The zero-order chi connectivity index (χ0) is 23.5. The normalized spacial score (nSPS) is 12.3. The van der Waals surface area contributed by atoms with Crippen molar-refractivity contribution in [2.75, 3.05) is 20.8 Å². The molecule has 0 aliphatic carbocycles. The highest BCUT2D eigenvalue weighted by atomic mass is 19.4. The van der Waals surface area contributed by atoms with Gasteiger partial charge < -0.3 is 19.9 Å². The molecule has 170 valence electrons. The molecular formula is C22H22F3N3O4. The van der Waals surface area contributed by atoms with Crippen molar-refractivity contribution < 1.29 is 32.5 Å². The molecule has 0 saturated heterocycles. The van der Waals surface area contributed by atoms with Gasteiger partial charge in [-0.2, -0.15) is 18.3 Å². The van der Waals surface area contributed by atoms with Crippen LogP contribution in [0.15, 0.2) is 48.5 Å². The van der Waals surface area contributed by atoms with Crippen LogP contribution in [-0.2, 0) is 13.2 Å². The SMILES string of the molecule is COc1ccc(OC)c(-c2cc(C(=O)NC[C@@H](O)c3ccc(C(F)(F)F)cc3)n(C)n2)c1. The average Bonchev–Trinajstić information content (AvgIpc) is 3.17. The molecule has 0 radical (unpaired) electrons. The minimum absolute atomic E-state index is 0.187. The Bertz CT molecular complexity index is 1090. The number of hydrogen-bond acceptors (Lipinski definition) is 5. The molecule has 0 spiro atoms. The van der Waals surface area contributed by atoms with Gasteiger partial charge in [0, 0.05) is 19.2 Å². The van der Waals surface area contributed by atoms with Crippen LogP contribution in [0.3, 0.4) is 0 Å². The topological polar surface area (TPSA) is 85.6 Å². The van der Waals surface area contributed by atoms with Gasteiger partial charge in [0.25, 0.3) is 5.91 Å². The van der Waals surface area contributed by atoms with E-state index in [2.05, 4.69) is 10.4 Å². The largest absolute Gasteiger partial charge is 0.497 e. The molecule has 0 saturated carbocycles. The molecule has 2 N–H and O–H groups in total. The van der Waals surface area contributed by atoms with Crippen LogP contribution in [0.2, 0.25) is 0 Å². The van der Waals surface area contributed by atoms with Crippen LogP contribution >= 0.6 is 0 Å². The number of amides is 1. The van der Waals surface area contributed by atoms with Crippen LogP contribution in [0.4, 0.5) is 13.2 Å². The number of halogens is 3. The molecule has 1 heterocycles. The summed E-state index contributed by atoms with van der Waals surface area (Å²) >= 11 is 0. The van der Waals surface area contributed by atoms with E-state index in [1.54, 1.807) is 31.3 Å². The van der Waals surface area contributed by atoms with Gasteiger partial charge in [0.15, 0.2) is 0 Å². The maximum absolute atomic E-state index is 12.7. The van der Waals surface area contributed by atoms with Crippen LogP contribution in [-0.4, -0.2) is 41.6 Å². The third-order valence-electron chi connectivity index (χ3n) is 4.87. The molecule has 0 bridgehead atoms. The zero-order valence-electron chi connectivity index (χ0n) is 17.6. The predicted molar refractivity (Wildman–Crippen MR) is 110 cm³/mol. The van der Waals surface area contributed by atoms with E-state index in [9.17, 15) is 23.1 Å². The van der Waals surface area contributed by atoms with Crippen LogP contribution in [0.1, 0.15) is 27.7 Å². The summed E-state index contributed by atoms with van der Waals surface area (Å²) in [6.45, 7) is -0.187. The molecule has 0 aliphatic heterocycles. The monoisotopic (exact) mass is 449 g/mol. The molecular weight excluding hydrogens is 427 g/mol. The first-order valence-electron chi connectivity index (χ1n) is 9.54. The number of alkyl halides is 3. The van der Waals surface area contributed by atoms with Crippen LogP contribution in [0.25, 0.3) is 11.3 Å². The fraction of sp³-hybridized carbons (Fsp3) is 0.273. The Morgan fingerprint density at radius 3 is 2.41 bits per heavy atom. The first-order valence-corrected chi connectivity index (χ1v) is 9.54. The standard InChI is InChI=1S/C22H22F3N3O4/c1-28-18(11-17(27-28)16-10-15(31-2)8-9-20(16)32-3)21(30)26-12-19(29)13-4-6-14(7-5-13)22(23,24)25/h4-11,19,29H,12H2,1-3H3,(H,26,30)/t19-/m1/s1. The van der Waals surface area contributed by atoms with E-state index in [0.29, 0.717) is 22.8 Å². The lowest BCUT2D eigenvalue weighted by Gasteiger charge is -2.13. The molecule has 1 atom stereocenters. The Morgan fingerprint density at radius 2 is 1.81 bits per heavy atom. The molecule has 0 aliphatic rings. The zero-order valence-corrected chi connectivity index (χ0v) is 17.6. The number of benzene rings is 2. The Labute approximate surface area is 182 Å².